The molecule has 12 heteroatoms. The number of amidine groups is 1. The molecule has 2 aromatic rings. The van der Waals surface area contributed by atoms with E-state index in [1.165, 1.54) is 32.4 Å². The summed E-state index contributed by atoms with van der Waals surface area (Å²) in [6, 6.07) is 3.61. The minimum Gasteiger partial charge on any atom is -0.496 e. The predicted molar refractivity (Wildman–Crippen MR) is 115 cm³/mol. The Labute approximate surface area is 182 Å². The SMILES string of the molecule is COc1ccc(F)cc1C(O)Cn1cc(/C(C)=N/OC(C)C)c(=O)n(C/C(N)=N/O)c1=O. The molecule has 0 radical (unpaired) electrons. The van der Waals surface area contributed by atoms with Crippen molar-refractivity contribution < 1.29 is 24.3 Å². The maximum absolute atomic E-state index is 13.7. The number of hydrogen-bond acceptors (Lipinski definition) is 8. The lowest BCUT2D eigenvalue weighted by atomic mass is 10.1. The van der Waals surface area contributed by atoms with Crippen molar-refractivity contribution in [3.63, 3.8) is 0 Å². The summed E-state index contributed by atoms with van der Waals surface area (Å²) in [7, 11) is 1.36. The minimum absolute atomic E-state index is 0.00519. The zero-order valence-corrected chi connectivity index (χ0v) is 18.1. The number of benzene rings is 1. The highest BCUT2D eigenvalue weighted by atomic mass is 19.1. The summed E-state index contributed by atoms with van der Waals surface area (Å²) in [6.07, 6.45) is -0.395. The van der Waals surface area contributed by atoms with Crippen molar-refractivity contribution in [2.75, 3.05) is 7.11 Å². The second kappa shape index (κ2) is 10.6. The van der Waals surface area contributed by atoms with Gasteiger partial charge in [0.2, 0.25) is 0 Å². The number of aliphatic hydroxyl groups is 1. The summed E-state index contributed by atoms with van der Waals surface area (Å²) in [5.74, 6) is -0.757. The third-order valence-electron chi connectivity index (χ3n) is 4.40. The van der Waals surface area contributed by atoms with E-state index >= 15 is 0 Å². The number of methoxy groups -OCH3 is 1. The van der Waals surface area contributed by atoms with Crippen molar-refractivity contribution in [3.8, 4) is 5.75 Å². The number of aromatic nitrogens is 2. The zero-order chi connectivity index (χ0) is 24.0. The van der Waals surface area contributed by atoms with Gasteiger partial charge in [-0.25, -0.2) is 9.18 Å². The molecule has 1 unspecified atom stereocenters. The van der Waals surface area contributed by atoms with Crippen LogP contribution in [-0.4, -0.2) is 44.2 Å². The normalized spacial score (nSPS) is 13.3. The Morgan fingerprint density at radius 2 is 2.00 bits per heavy atom. The van der Waals surface area contributed by atoms with Gasteiger partial charge >= 0.3 is 5.69 Å². The third kappa shape index (κ3) is 5.72. The van der Waals surface area contributed by atoms with Gasteiger partial charge in [0.1, 0.15) is 23.8 Å². The van der Waals surface area contributed by atoms with Crippen LogP contribution in [0.25, 0.3) is 0 Å². The van der Waals surface area contributed by atoms with E-state index in [0.717, 1.165) is 15.2 Å². The number of rotatable bonds is 9. The molecule has 1 heterocycles. The summed E-state index contributed by atoms with van der Waals surface area (Å²) < 4.78 is 20.6. The molecule has 0 saturated carbocycles. The Hall–Kier alpha value is -3.67. The lowest BCUT2D eigenvalue weighted by Gasteiger charge is -2.18. The fraction of sp³-hybridized carbons (Fsp3) is 0.400. The van der Waals surface area contributed by atoms with Crippen molar-refractivity contribution in [3.05, 3.63) is 62.2 Å². The van der Waals surface area contributed by atoms with E-state index in [4.69, 9.17) is 20.5 Å². The molecule has 4 N–H and O–H groups in total. The van der Waals surface area contributed by atoms with Gasteiger partial charge in [-0.2, -0.15) is 0 Å². The van der Waals surface area contributed by atoms with Crippen LogP contribution in [-0.2, 0) is 17.9 Å². The summed E-state index contributed by atoms with van der Waals surface area (Å²) in [4.78, 5) is 31.0. The molecule has 0 amide bonds. The van der Waals surface area contributed by atoms with Gasteiger partial charge in [0.25, 0.3) is 5.56 Å². The van der Waals surface area contributed by atoms with E-state index in [1.807, 2.05) is 0 Å². The van der Waals surface area contributed by atoms with E-state index in [1.54, 1.807) is 13.8 Å². The van der Waals surface area contributed by atoms with Crippen LogP contribution < -0.4 is 21.7 Å². The van der Waals surface area contributed by atoms with Crippen LogP contribution in [0.1, 0.15) is 38.0 Å². The number of ether oxygens (including phenoxy) is 1. The quantitative estimate of drug-likeness (QED) is 0.220. The summed E-state index contributed by atoms with van der Waals surface area (Å²) >= 11 is 0. The molecule has 1 aromatic heterocycles. The van der Waals surface area contributed by atoms with Gasteiger partial charge in [-0.1, -0.05) is 10.3 Å². The van der Waals surface area contributed by atoms with Crippen LogP contribution in [0, 0.1) is 5.82 Å². The average molecular weight is 451 g/mol. The first-order valence-corrected chi connectivity index (χ1v) is 9.62. The van der Waals surface area contributed by atoms with E-state index in [9.17, 15) is 19.1 Å². The minimum atomic E-state index is -1.36. The Morgan fingerprint density at radius 1 is 1.31 bits per heavy atom. The first-order chi connectivity index (χ1) is 15.1. The molecule has 0 aliphatic heterocycles. The fourth-order valence-electron chi connectivity index (χ4n) is 2.85. The van der Waals surface area contributed by atoms with Crippen molar-refractivity contribution in [1.29, 1.82) is 0 Å². The van der Waals surface area contributed by atoms with Gasteiger partial charge in [-0.15, -0.1) is 0 Å². The topological polar surface area (TPSA) is 154 Å². The highest BCUT2D eigenvalue weighted by Gasteiger charge is 2.20. The number of oxime groups is 2. The second-order valence-electron chi connectivity index (χ2n) is 7.19. The van der Waals surface area contributed by atoms with Crippen LogP contribution in [0.4, 0.5) is 4.39 Å². The molecule has 0 fully saturated rings. The van der Waals surface area contributed by atoms with E-state index in [2.05, 4.69) is 10.3 Å². The fourth-order valence-corrected chi connectivity index (χ4v) is 2.85. The van der Waals surface area contributed by atoms with Crippen LogP contribution in [0.2, 0.25) is 0 Å². The maximum Gasteiger partial charge on any atom is 0.331 e. The molecule has 0 aliphatic carbocycles. The van der Waals surface area contributed by atoms with Crippen molar-refractivity contribution in [2.24, 2.45) is 16.0 Å². The molecule has 1 atom stereocenters. The molecule has 174 valence electrons. The predicted octanol–water partition coefficient (Wildman–Crippen LogP) is 0.787. The highest BCUT2D eigenvalue weighted by Crippen LogP contribution is 2.26. The van der Waals surface area contributed by atoms with Crippen LogP contribution in [0.3, 0.4) is 0 Å². The lowest BCUT2D eigenvalue weighted by molar-refractivity contribution is 0.0859. The monoisotopic (exact) mass is 451 g/mol. The largest absolute Gasteiger partial charge is 0.496 e. The van der Waals surface area contributed by atoms with Gasteiger partial charge in [0.15, 0.2) is 5.84 Å². The molecule has 11 nitrogen and oxygen atoms in total. The molecule has 0 saturated heterocycles. The van der Waals surface area contributed by atoms with Crippen molar-refractivity contribution >= 4 is 11.5 Å². The lowest BCUT2D eigenvalue weighted by Crippen LogP contribution is -2.45. The molecule has 0 spiro atoms. The Kier molecular flexibility index (Phi) is 8.13. The average Bonchev–Trinajstić information content (AvgIpc) is 2.76. The molecular weight excluding hydrogens is 425 g/mol. The van der Waals surface area contributed by atoms with Gasteiger partial charge in [-0.05, 0) is 39.0 Å². The zero-order valence-electron chi connectivity index (χ0n) is 18.1. The molecule has 1 aromatic carbocycles. The molecular formula is C20H26FN5O6. The van der Waals surface area contributed by atoms with Crippen molar-refractivity contribution in [2.45, 2.75) is 46.1 Å². The summed E-state index contributed by atoms with van der Waals surface area (Å²) in [5.41, 5.74) is 4.19. The van der Waals surface area contributed by atoms with Gasteiger partial charge < -0.3 is 25.6 Å². The van der Waals surface area contributed by atoms with E-state index in [-0.39, 0.29) is 41.1 Å². The first kappa shape index (κ1) is 24.6. The second-order valence-corrected chi connectivity index (χ2v) is 7.19. The molecule has 2 rings (SSSR count). The first-order valence-electron chi connectivity index (χ1n) is 9.62. The number of nitrogens with two attached hydrogens (primary N) is 1. The maximum atomic E-state index is 13.7. The number of halogens is 1. The molecule has 0 bridgehead atoms. The number of hydrogen-bond donors (Lipinski definition) is 3. The van der Waals surface area contributed by atoms with E-state index in [0.29, 0.717) is 0 Å². The molecule has 0 aliphatic rings. The summed E-state index contributed by atoms with van der Waals surface area (Å²) in [6.45, 7) is 4.15. The summed E-state index contributed by atoms with van der Waals surface area (Å²) in [5, 5.41) is 26.2. The van der Waals surface area contributed by atoms with Crippen LogP contribution in [0.5, 0.6) is 5.75 Å². The van der Waals surface area contributed by atoms with Crippen molar-refractivity contribution in [1.82, 2.24) is 9.13 Å². The van der Waals surface area contributed by atoms with Gasteiger partial charge in [0, 0.05) is 11.8 Å². The highest BCUT2D eigenvalue weighted by molar-refractivity contribution is 5.97. The van der Waals surface area contributed by atoms with E-state index < -0.39 is 29.7 Å². The standard InChI is InChI=1S/C20H26FN5O6/c1-11(2)32-24-12(3)15-8-25(20(29)26(19(15)28)10-18(22)23-30)9-16(27)14-7-13(21)5-6-17(14)31-4/h5-8,11,16,27,30H,9-10H2,1-4H3,(H2,22,23)/b24-12+. The van der Waals surface area contributed by atoms with Gasteiger partial charge in [-0.3, -0.25) is 13.9 Å². The third-order valence-corrected chi connectivity index (χ3v) is 4.40. The number of nitrogens with zero attached hydrogens (tertiary/aromatic N) is 4. The van der Waals surface area contributed by atoms with Crippen LogP contribution >= 0.6 is 0 Å². The Balaban J connectivity index is 2.61. The van der Waals surface area contributed by atoms with Gasteiger partial charge in [0.05, 0.1) is 31.5 Å². The smallest absolute Gasteiger partial charge is 0.331 e. The Bertz CT molecular complexity index is 1140. The van der Waals surface area contributed by atoms with Crippen LogP contribution in [0.15, 0.2) is 44.3 Å². The molecule has 32 heavy (non-hydrogen) atoms. The Morgan fingerprint density at radius 3 is 2.59 bits per heavy atom. The number of aliphatic hydroxyl groups excluding tert-OH is 1.